The topological polar surface area (TPSA) is 21.3 Å². The van der Waals surface area contributed by atoms with Gasteiger partial charge in [0.05, 0.1) is 0 Å². The predicted octanol–water partition coefficient (Wildman–Crippen LogP) is 1.74. The third-order valence-corrected chi connectivity index (χ3v) is 2.90. The highest BCUT2D eigenvalue weighted by atomic mass is 16.5. The van der Waals surface area contributed by atoms with Crippen LogP contribution in [0.2, 0.25) is 0 Å². The SMILES string of the molecule is Cc1ccc2c(c1)OC1(C=C2)CNC1. The van der Waals surface area contributed by atoms with Gasteiger partial charge in [-0.1, -0.05) is 18.2 Å². The average Bonchev–Trinajstić information content (AvgIpc) is 2.14. The third-order valence-electron chi connectivity index (χ3n) is 2.90. The first-order valence-electron chi connectivity index (χ1n) is 4.97. The number of fused-ring (bicyclic) bond motifs is 1. The van der Waals surface area contributed by atoms with Gasteiger partial charge in [-0.2, -0.15) is 0 Å². The van der Waals surface area contributed by atoms with Crippen molar-refractivity contribution in [2.45, 2.75) is 12.5 Å². The van der Waals surface area contributed by atoms with Gasteiger partial charge in [-0.15, -0.1) is 0 Å². The standard InChI is InChI=1S/C12H13NO/c1-9-2-3-10-4-5-12(7-13-8-12)14-11(10)6-9/h2-6,13H,7-8H2,1H3. The molecule has 0 aromatic heterocycles. The average molecular weight is 187 g/mol. The zero-order chi connectivity index (χ0) is 9.60. The van der Waals surface area contributed by atoms with Gasteiger partial charge in [0.15, 0.2) is 5.60 Å². The molecule has 2 nitrogen and oxygen atoms in total. The lowest BCUT2D eigenvalue weighted by molar-refractivity contribution is 0.0615. The number of hydrogen-bond acceptors (Lipinski definition) is 2. The summed E-state index contributed by atoms with van der Waals surface area (Å²) in [4.78, 5) is 0. The van der Waals surface area contributed by atoms with Gasteiger partial charge in [-0.3, -0.25) is 0 Å². The first-order chi connectivity index (χ1) is 6.77. The van der Waals surface area contributed by atoms with Crippen LogP contribution in [0.25, 0.3) is 6.08 Å². The second-order valence-corrected chi connectivity index (χ2v) is 4.15. The molecule has 0 aliphatic carbocycles. The van der Waals surface area contributed by atoms with Crippen molar-refractivity contribution in [1.82, 2.24) is 5.32 Å². The summed E-state index contributed by atoms with van der Waals surface area (Å²) in [5.74, 6) is 1.02. The fraction of sp³-hybridized carbons (Fsp3) is 0.333. The van der Waals surface area contributed by atoms with E-state index in [-0.39, 0.29) is 5.60 Å². The van der Waals surface area contributed by atoms with E-state index in [1.54, 1.807) is 0 Å². The zero-order valence-corrected chi connectivity index (χ0v) is 8.21. The first-order valence-corrected chi connectivity index (χ1v) is 4.97. The minimum atomic E-state index is -0.0548. The number of aryl methyl sites for hydroxylation is 1. The second-order valence-electron chi connectivity index (χ2n) is 4.15. The normalized spacial score (nSPS) is 21.2. The van der Waals surface area contributed by atoms with E-state index in [4.69, 9.17) is 4.74 Å². The minimum absolute atomic E-state index is 0.0548. The maximum atomic E-state index is 5.99. The summed E-state index contributed by atoms with van der Waals surface area (Å²) >= 11 is 0. The molecule has 2 heterocycles. The third kappa shape index (κ3) is 1.07. The molecular formula is C12H13NO. The lowest BCUT2D eigenvalue weighted by Gasteiger charge is -2.42. The molecule has 1 saturated heterocycles. The summed E-state index contributed by atoms with van der Waals surface area (Å²) in [5.41, 5.74) is 2.38. The lowest BCUT2D eigenvalue weighted by atomic mass is 9.92. The largest absolute Gasteiger partial charge is 0.480 e. The van der Waals surface area contributed by atoms with Crippen molar-refractivity contribution < 1.29 is 4.74 Å². The van der Waals surface area contributed by atoms with Gasteiger partial charge in [-0.25, -0.2) is 0 Å². The van der Waals surface area contributed by atoms with Gasteiger partial charge in [-0.05, 0) is 24.6 Å². The van der Waals surface area contributed by atoms with Crippen LogP contribution in [0.4, 0.5) is 0 Å². The summed E-state index contributed by atoms with van der Waals surface area (Å²) in [6.45, 7) is 3.95. The van der Waals surface area contributed by atoms with Crippen LogP contribution in [0.3, 0.4) is 0 Å². The van der Waals surface area contributed by atoms with Crippen molar-refractivity contribution in [2.24, 2.45) is 0 Å². The Morgan fingerprint density at radius 1 is 1.36 bits per heavy atom. The fourth-order valence-corrected chi connectivity index (χ4v) is 1.92. The Morgan fingerprint density at radius 2 is 2.21 bits per heavy atom. The summed E-state index contributed by atoms with van der Waals surface area (Å²) in [6, 6.07) is 6.34. The summed E-state index contributed by atoms with van der Waals surface area (Å²) < 4.78 is 5.99. The Labute approximate surface area is 83.6 Å². The van der Waals surface area contributed by atoms with Crippen molar-refractivity contribution in [3.05, 3.63) is 35.4 Å². The number of ether oxygens (including phenoxy) is 1. The first kappa shape index (κ1) is 8.06. The van der Waals surface area contributed by atoms with Crippen molar-refractivity contribution in [1.29, 1.82) is 0 Å². The molecule has 0 atom stereocenters. The number of rotatable bonds is 0. The minimum Gasteiger partial charge on any atom is -0.480 e. The van der Waals surface area contributed by atoms with E-state index in [2.05, 4.69) is 42.6 Å². The maximum Gasteiger partial charge on any atom is 0.152 e. The predicted molar refractivity (Wildman–Crippen MR) is 56.4 cm³/mol. The molecule has 0 bridgehead atoms. The van der Waals surface area contributed by atoms with Crippen LogP contribution >= 0.6 is 0 Å². The highest BCUT2D eigenvalue weighted by Gasteiger charge is 2.38. The quantitative estimate of drug-likeness (QED) is 0.668. The van der Waals surface area contributed by atoms with Crippen molar-refractivity contribution in [2.75, 3.05) is 13.1 Å². The van der Waals surface area contributed by atoms with Gasteiger partial charge >= 0.3 is 0 Å². The molecule has 0 amide bonds. The van der Waals surface area contributed by atoms with Gasteiger partial charge in [0.2, 0.25) is 0 Å². The molecule has 2 aliphatic rings. The van der Waals surface area contributed by atoms with Crippen LogP contribution in [0.15, 0.2) is 24.3 Å². The van der Waals surface area contributed by atoms with Crippen LogP contribution in [0, 0.1) is 6.92 Å². The van der Waals surface area contributed by atoms with Crippen molar-refractivity contribution >= 4 is 6.08 Å². The van der Waals surface area contributed by atoms with E-state index >= 15 is 0 Å². The number of benzene rings is 1. The van der Waals surface area contributed by atoms with E-state index < -0.39 is 0 Å². The molecule has 1 N–H and O–H groups in total. The van der Waals surface area contributed by atoms with Gasteiger partial charge < -0.3 is 10.1 Å². The van der Waals surface area contributed by atoms with Crippen molar-refractivity contribution in [3.8, 4) is 5.75 Å². The Balaban J connectivity index is 2.03. The zero-order valence-electron chi connectivity index (χ0n) is 8.21. The Morgan fingerprint density at radius 3 is 2.93 bits per heavy atom. The van der Waals surface area contributed by atoms with Gasteiger partial charge in [0.1, 0.15) is 5.75 Å². The monoisotopic (exact) mass is 187 g/mol. The van der Waals surface area contributed by atoms with Crippen LogP contribution in [0.1, 0.15) is 11.1 Å². The summed E-state index contributed by atoms with van der Waals surface area (Å²) in [6.07, 6.45) is 4.33. The van der Waals surface area contributed by atoms with E-state index in [1.165, 1.54) is 11.1 Å². The summed E-state index contributed by atoms with van der Waals surface area (Å²) in [5, 5.41) is 3.24. The second kappa shape index (κ2) is 2.61. The lowest BCUT2D eigenvalue weighted by Crippen LogP contribution is -2.62. The smallest absolute Gasteiger partial charge is 0.152 e. The van der Waals surface area contributed by atoms with E-state index in [9.17, 15) is 0 Å². The molecule has 0 unspecified atom stereocenters. The number of nitrogens with one attached hydrogen (secondary N) is 1. The van der Waals surface area contributed by atoms with E-state index in [0.29, 0.717) is 0 Å². The Bertz CT molecular complexity index is 405. The maximum absolute atomic E-state index is 5.99. The molecule has 14 heavy (non-hydrogen) atoms. The molecular weight excluding hydrogens is 174 g/mol. The highest BCUT2D eigenvalue weighted by molar-refractivity contribution is 5.62. The fourth-order valence-electron chi connectivity index (χ4n) is 1.92. The highest BCUT2D eigenvalue weighted by Crippen LogP contribution is 2.33. The molecule has 3 rings (SSSR count). The van der Waals surface area contributed by atoms with Crippen LogP contribution in [0.5, 0.6) is 5.75 Å². The molecule has 2 heteroatoms. The Hall–Kier alpha value is -1.28. The Kier molecular flexibility index (Phi) is 1.50. The molecule has 1 fully saturated rings. The molecule has 0 saturated carbocycles. The molecule has 1 aromatic carbocycles. The van der Waals surface area contributed by atoms with Gasteiger partial charge in [0.25, 0.3) is 0 Å². The molecule has 72 valence electrons. The van der Waals surface area contributed by atoms with E-state index in [1.807, 2.05) is 0 Å². The number of hydrogen-bond donors (Lipinski definition) is 1. The van der Waals surface area contributed by atoms with Crippen LogP contribution < -0.4 is 10.1 Å². The van der Waals surface area contributed by atoms with Gasteiger partial charge in [0, 0.05) is 18.7 Å². The molecule has 2 aliphatic heterocycles. The molecule has 1 aromatic rings. The molecule has 0 radical (unpaired) electrons. The van der Waals surface area contributed by atoms with E-state index in [0.717, 1.165) is 18.8 Å². The van der Waals surface area contributed by atoms with Crippen LogP contribution in [-0.4, -0.2) is 18.7 Å². The van der Waals surface area contributed by atoms with Crippen LogP contribution in [-0.2, 0) is 0 Å². The van der Waals surface area contributed by atoms with Crippen molar-refractivity contribution in [3.63, 3.8) is 0 Å². The summed E-state index contributed by atoms with van der Waals surface area (Å²) in [7, 11) is 0. The molecule has 1 spiro atoms.